The first kappa shape index (κ1) is 15.8. The Labute approximate surface area is 114 Å². The van der Waals surface area contributed by atoms with Crippen LogP contribution in [0.2, 0.25) is 0 Å². The number of hydrogen-bond acceptors (Lipinski definition) is 4. The van der Waals surface area contributed by atoms with E-state index in [0.29, 0.717) is 26.1 Å². The molecule has 1 aliphatic heterocycles. The smallest absolute Gasteiger partial charge is 0.407 e. The number of likely N-dealkylation sites (tertiary alicyclic amines) is 1. The Morgan fingerprint density at radius 2 is 2.16 bits per heavy atom. The molecule has 1 fully saturated rings. The van der Waals surface area contributed by atoms with Crippen LogP contribution in [0.15, 0.2) is 0 Å². The third-order valence-corrected chi connectivity index (χ3v) is 2.77. The molecule has 0 aromatic rings. The van der Waals surface area contributed by atoms with E-state index in [-0.39, 0.29) is 11.9 Å². The van der Waals surface area contributed by atoms with Crippen LogP contribution in [0.3, 0.4) is 0 Å². The molecule has 6 heteroatoms. The van der Waals surface area contributed by atoms with E-state index in [9.17, 15) is 9.59 Å². The first-order chi connectivity index (χ1) is 8.78. The van der Waals surface area contributed by atoms with Crippen LogP contribution in [0.5, 0.6) is 0 Å². The fraction of sp³-hybridized carbons (Fsp3) is 0.846. The molecular weight excluding hydrogens is 246 g/mol. The molecule has 0 bridgehead atoms. The van der Waals surface area contributed by atoms with Gasteiger partial charge < -0.3 is 20.7 Å². The fourth-order valence-electron chi connectivity index (χ4n) is 1.95. The van der Waals surface area contributed by atoms with Gasteiger partial charge in [-0.2, -0.15) is 0 Å². The average Bonchev–Trinajstić information content (AvgIpc) is 2.54. The lowest BCUT2D eigenvalue weighted by molar-refractivity contribution is -0.127. The van der Waals surface area contributed by atoms with Crippen molar-refractivity contribution in [2.45, 2.75) is 51.7 Å². The Morgan fingerprint density at radius 3 is 2.68 bits per heavy atom. The number of unbranched alkanes of at least 4 members (excludes halogenated alkanes) is 1. The summed E-state index contributed by atoms with van der Waals surface area (Å²) >= 11 is 0. The van der Waals surface area contributed by atoms with Crippen molar-refractivity contribution in [3.05, 3.63) is 0 Å². The summed E-state index contributed by atoms with van der Waals surface area (Å²) in [5.41, 5.74) is 5.24. The lowest BCUT2D eigenvalue weighted by Gasteiger charge is -2.20. The summed E-state index contributed by atoms with van der Waals surface area (Å²) in [4.78, 5) is 24.6. The second kappa shape index (κ2) is 6.75. The van der Waals surface area contributed by atoms with Gasteiger partial charge in [-0.05, 0) is 33.6 Å². The van der Waals surface area contributed by atoms with E-state index in [1.807, 2.05) is 20.8 Å². The molecule has 1 heterocycles. The van der Waals surface area contributed by atoms with Gasteiger partial charge in [0, 0.05) is 32.1 Å². The lowest BCUT2D eigenvalue weighted by atomic mass is 10.2. The van der Waals surface area contributed by atoms with E-state index in [0.717, 1.165) is 12.8 Å². The van der Waals surface area contributed by atoms with Gasteiger partial charge in [0.05, 0.1) is 0 Å². The molecule has 1 saturated heterocycles. The normalized spacial score (nSPS) is 19.7. The van der Waals surface area contributed by atoms with Crippen molar-refractivity contribution in [3.8, 4) is 0 Å². The number of ether oxygens (including phenoxy) is 1. The average molecular weight is 271 g/mol. The number of amides is 2. The summed E-state index contributed by atoms with van der Waals surface area (Å²) in [6, 6.07) is -0.0209. The standard InChI is InChI=1S/C13H25N3O3/c1-13(2,3)19-12(18)15-6-4-5-7-16-9-10(14)8-11(16)17/h10H,4-9,14H2,1-3H3,(H,15,18). The predicted octanol–water partition coefficient (Wildman–Crippen LogP) is 0.851. The van der Waals surface area contributed by atoms with Gasteiger partial charge in [-0.25, -0.2) is 4.79 Å². The van der Waals surface area contributed by atoms with Crippen molar-refractivity contribution < 1.29 is 14.3 Å². The van der Waals surface area contributed by atoms with E-state index in [1.54, 1.807) is 4.90 Å². The highest BCUT2D eigenvalue weighted by Crippen LogP contribution is 2.10. The summed E-state index contributed by atoms with van der Waals surface area (Å²) in [7, 11) is 0. The zero-order chi connectivity index (χ0) is 14.5. The van der Waals surface area contributed by atoms with Gasteiger partial charge in [-0.3, -0.25) is 4.79 Å². The minimum absolute atomic E-state index is 0.0209. The van der Waals surface area contributed by atoms with Gasteiger partial charge in [0.2, 0.25) is 5.91 Å². The Hall–Kier alpha value is -1.30. The van der Waals surface area contributed by atoms with Gasteiger partial charge in [0.25, 0.3) is 0 Å². The molecule has 0 radical (unpaired) electrons. The largest absolute Gasteiger partial charge is 0.444 e. The molecule has 2 amide bonds. The summed E-state index contributed by atoms with van der Waals surface area (Å²) in [6.07, 6.45) is 1.73. The van der Waals surface area contributed by atoms with Crippen LogP contribution < -0.4 is 11.1 Å². The van der Waals surface area contributed by atoms with Crippen LogP contribution in [-0.2, 0) is 9.53 Å². The molecular formula is C13H25N3O3. The van der Waals surface area contributed by atoms with Crippen LogP contribution in [0.1, 0.15) is 40.0 Å². The maximum Gasteiger partial charge on any atom is 0.407 e. The second-order valence-electron chi connectivity index (χ2n) is 5.94. The highest BCUT2D eigenvalue weighted by atomic mass is 16.6. The van der Waals surface area contributed by atoms with Gasteiger partial charge >= 0.3 is 6.09 Å². The maximum absolute atomic E-state index is 11.5. The monoisotopic (exact) mass is 271 g/mol. The molecule has 6 nitrogen and oxygen atoms in total. The van der Waals surface area contributed by atoms with E-state index in [1.165, 1.54) is 0 Å². The molecule has 1 rings (SSSR count). The number of carbonyl (C=O) groups is 2. The van der Waals surface area contributed by atoms with Crippen LogP contribution in [0, 0.1) is 0 Å². The number of nitrogens with zero attached hydrogens (tertiary/aromatic N) is 1. The molecule has 0 saturated carbocycles. The van der Waals surface area contributed by atoms with Crippen molar-refractivity contribution in [1.29, 1.82) is 0 Å². The molecule has 1 aliphatic rings. The Morgan fingerprint density at radius 1 is 1.47 bits per heavy atom. The van der Waals surface area contributed by atoms with Gasteiger partial charge in [-0.1, -0.05) is 0 Å². The number of rotatable bonds is 5. The van der Waals surface area contributed by atoms with Crippen molar-refractivity contribution in [3.63, 3.8) is 0 Å². The zero-order valence-electron chi connectivity index (χ0n) is 12.1. The van der Waals surface area contributed by atoms with E-state index < -0.39 is 11.7 Å². The fourth-order valence-corrected chi connectivity index (χ4v) is 1.95. The second-order valence-corrected chi connectivity index (χ2v) is 5.94. The molecule has 0 aromatic heterocycles. The highest BCUT2D eigenvalue weighted by molar-refractivity contribution is 5.79. The molecule has 19 heavy (non-hydrogen) atoms. The number of nitrogens with two attached hydrogens (primary N) is 1. The van der Waals surface area contributed by atoms with Crippen molar-refractivity contribution in [2.24, 2.45) is 5.73 Å². The van der Waals surface area contributed by atoms with E-state index >= 15 is 0 Å². The molecule has 1 atom stereocenters. The van der Waals surface area contributed by atoms with Crippen LogP contribution in [0.4, 0.5) is 4.79 Å². The van der Waals surface area contributed by atoms with Gasteiger partial charge in [0.1, 0.15) is 5.60 Å². The molecule has 0 aromatic carbocycles. The number of hydrogen-bond donors (Lipinski definition) is 2. The zero-order valence-corrected chi connectivity index (χ0v) is 12.1. The van der Waals surface area contributed by atoms with Crippen molar-refractivity contribution >= 4 is 12.0 Å². The highest BCUT2D eigenvalue weighted by Gasteiger charge is 2.25. The molecule has 3 N–H and O–H groups in total. The minimum atomic E-state index is -0.470. The predicted molar refractivity (Wildman–Crippen MR) is 72.6 cm³/mol. The molecule has 110 valence electrons. The number of nitrogens with one attached hydrogen (secondary N) is 1. The topological polar surface area (TPSA) is 84.7 Å². The van der Waals surface area contributed by atoms with E-state index in [2.05, 4.69) is 5.32 Å². The minimum Gasteiger partial charge on any atom is -0.444 e. The Bertz CT molecular complexity index is 326. The van der Waals surface area contributed by atoms with Crippen LogP contribution in [-0.4, -0.2) is 48.2 Å². The van der Waals surface area contributed by atoms with Crippen LogP contribution >= 0.6 is 0 Å². The van der Waals surface area contributed by atoms with Crippen molar-refractivity contribution in [1.82, 2.24) is 10.2 Å². The Kier molecular flexibility index (Phi) is 5.60. The quantitative estimate of drug-likeness (QED) is 0.726. The maximum atomic E-state index is 11.5. The number of carbonyl (C=O) groups excluding carboxylic acids is 2. The molecule has 1 unspecified atom stereocenters. The van der Waals surface area contributed by atoms with Crippen LogP contribution in [0.25, 0.3) is 0 Å². The summed E-state index contributed by atoms with van der Waals surface area (Å²) in [6.45, 7) is 7.41. The lowest BCUT2D eigenvalue weighted by Crippen LogP contribution is -2.33. The van der Waals surface area contributed by atoms with Gasteiger partial charge in [-0.15, -0.1) is 0 Å². The molecule has 0 spiro atoms. The first-order valence-corrected chi connectivity index (χ1v) is 6.78. The summed E-state index contributed by atoms with van der Waals surface area (Å²) < 4.78 is 5.12. The van der Waals surface area contributed by atoms with E-state index in [4.69, 9.17) is 10.5 Å². The summed E-state index contributed by atoms with van der Waals surface area (Å²) in [5, 5.41) is 2.70. The molecule has 0 aliphatic carbocycles. The van der Waals surface area contributed by atoms with Gasteiger partial charge in [0.15, 0.2) is 0 Å². The SMILES string of the molecule is CC(C)(C)OC(=O)NCCCCN1CC(N)CC1=O. The first-order valence-electron chi connectivity index (χ1n) is 6.78. The summed E-state index contributed by atoms with van der Waals surface area (Å²) in [5.74, 6) is 0.132. The third-order valence-electron chi connectivity index (χ3n) is 2.77. The van der Waals surface area contributed by atoms with Crippen molar-refractivity contribution in [2.75, 3.05) is 19.6 Å². The Balaban J connectivity index is 2.05. The third kappa shape index (κ3) is 6.42. The number of alkyl carbamates (subject to hydrolysis) is 1.